The number of carbonyl (C=O) groups is 1. The lowest BCUT2D eigenvalue weighted by Crippen LogP contribution is -2.03. The van der Waals surface area contributed by atoms with Crippen molar-refractivity contribution in [2.45, 2.75) is 5.92 Å². The van der Waals surface area contributed by atoms with Gasteiger partial charge in [-0.15, -0.1) is 0 Å². The first kappa shape index (κ1) is 6.29. The van der Waals surface area contributed by atoms with Gasteiger partial charge in [0.25, 0.3) is 0 Å². The first-order chi connectivity index (χ1) is 5.88. The third-order valence-corrected chi connectivity index (χ3v) is 2.79. The molecule has 0 aromatic carbocycles. The molecular formula is C9H8O3. The van der Waals surface area contributed by atoms with Crippen LogP contribution in [0.4, 0.5) is 0 Å². The maximum atomic E-state index is 11.1. The van der Waals surface area contributed by atoms with Gasteiger partial charge in [0.05, 0.1) is 25.1 Å². The van der Waals surface area contributed by atoms with Gasteiger partial charge in [-0.2, -0.15) is 0 Å². The smallest absolute Gasteiger partial charge is 0.310 e. The minimum atomic E-state index is -0.0359. The number of rotatable bonds is 1. The molecule has 1 saturated carbocycles. The fourth-order valence-electron chi connectivity index (χ4n) is 2.10. The summed E-state index contributed by atoms with van der Waals surface area (Å²) in [6.45, 7) is 0.597. The van der Waals surface area contributed by atoms with Crippen molar-refractivity contribution >= 4 is 5.97 Å². The predicted octanol–water partition coefficient (Wildman–Crippen LogP) is 1.17. The van der Waals surface area contributed by atoms with Gasteiger partial charge in [0.2, 0.25) is 0 Å². The Labute approximate surface area is 69.3 Å². The van der Waals surface area contributed by atoms with E-state index in [-0.39, 0.29) is 11.9 Å². The van der Waals surface area contributed by atoms with Crippen LogP contribution in [0.2, 0.25) is 0 Å². The van der Waals surface area contributed by atoms with E-state index in [4.69, 9.17) is 9.15 Å². The standard InChI is InChI=1S/C9H8O3/c10-9-8-6(4-12-9)7(8)5-1-2-11-3-5/h1-3,6-8H,4H2/t6-,7-,8-/m1/s1. The first-order valence-corrected chi connectivity index (χ1v) is 4.06. The van der Waals surface area contributed by atoms with Crippen molar-refractivity contribution in [3.63, 3.8) is 0 Å². The molecule has 0 bridgehead atoms. The zero-order valence-electron chi connectivity index (χ0n) is 6.40. The SMILES string of the molecule is O=C1OC[C@H]2[C@@H]1[C@@H]2c1ccoc1. The molecule has 3 rings (SSSR count). The Kier molecular flexibility index (Phi) is 1.00. The molecule has 0 unspecified atom stereocenters. The lowest BCUT2D eigenvalue weighted by molar-refractivity contribution is -0.141. The lowest BCUT2D eigenvalue weighted by atomic mass is 10.1. The van der Waals surface area contributed by atoms with Crippen molar-refractivity contribution in [3.05, 3.63) is 24.2 Å². The van der Waals surface area contributed by atoms with Gasteiger partial charge in [-0.05, 0) is 11.6 Å². The van der Waals surface area contributed by atoms with Crippen molar-refractivity contribution in [1.29, 1.82) is 0 Å². The molecule has 3 nitrogen and oxygen atoms in total. The minimum Gasteiger partial charge on any atom is -0.472 e. The Morgan fingerprint density at radius 1 is 1.42 bits per heavy atom. The van der Waals surface area contributed by atoms with E-state index in [1.165, 1.54) is 0 Å². The number of cyclic esters (lactones) is 1. The number of furan rings is 1. The van der Waals surface area contributed by atoms with Crippen molar-refractivity contribution in [3.8, 4) is 0 Å². The van der Waals surface area contributed by atoms with Crippen LogP contribution in [0.25, 0.3) is 0 Å². The second kappa shape index (κ2) is 1.91. The van der Waals surface area contributed by atoms with E-state index >= 15 is 0 Å². The van der Waals surface area contributed by atoms with Crippen molar-refractivity contribution in [2.75, 3.05) is 6.61 Å². The van der Waals surface area contributed by atoms with Gasteiger partial charge in [0, 0.05) is 11.8 Å². The van der Waals surface area contributed by atoms with E-state index in [1.54, 1.807) is 12.5 Å². The summed E-state index contributed by atoms with van der Waals surface area (Å²) < 4.78 is 9.84. The van der Waals surface area contributed by atoms with Crippen LogP contribution in [-0.4, -0.2) is 12.6 Å². The highest BCUT2D eigenvalue weighted by atomic mass is 16.5. The average molecular weight is 164 g/mol. The number of fused-ring (bicyclic) bond motifs is 1. The Morgan fingerprint density at radius 2 is 2.33 bits per heavy atom. The quantitative estimate of drug-likeness (QED) is 0.585. The Hall–Kier alpha value is -1.25. The van der Waals surface area contributed by atoms with Crippen LogP contribution in [0.5, 0.6) is 0 Å². The summed E-state index contributed by atoms with van der Waals surface area (Å²) in [6, 6.07) is 1.93. The van der Waals surface area contributed by atoms with Crippen LogP contribution in [0.1, 0.15) is 11.5 Å². The van der Waals surface area contributed by atoms with Crippen molar-refractivity contribution in [1.82, 2.24) is 0 Å². The molecule has 0 N–H and O–H groups in total. The van der Waals surface area contributed by atoms with Crippen LogP contribution in [0, 0.1) is 11.8 Å². The van der Waals surface area contributed by atoms with E-state index < -0.39 is 0 Å². The molecule has 2 fully saturated rings. The summed E-state index contributed by atoms with van der Waals surface area (Å²) in [4.78, 5) is 11.1. The highest BCUT2D eigenvalue weighted by molar-refractivity contribution is 5.80. The molecule has 3 heteroatoms. The molecule has 1 aromatic heterocycles. The molecular weight excluding hydrogens is 156 g/mol. The van der Waals surface area contributed by atoms with Gasteiger partial charge < -0.3 is 9.15 Å². The summed E-state index contributed by atoms with van der Waals surface area (Å²) in [5.41, 5.74) is 1.14. The van der Waals surface area contributed by atoms with Gasteiger partial charge in [0.1, 0.15) is 0 Å². The molecule has 12 heavy (non-hydrogen) atoms. The highest BCUT2D eigenvalue weighted by Gasteiger charge is 2.61. The Balaban J connectivity index is 1.88. The van der Waals surface area contributed by atoms with Crippen LogP contribution in [0.15, 0.2) is 23.0 Å². The third-order valence-electron chi connectivity index (χ3n) is 2.79. The zero-order chi connectivity index (χ0) is 8.13. The summed E-state index contributed by atoms with van der Waals surface area (Å²) in [5, 5.41) is 0. The zero-order valence-corrected chi connectivity index (χ0v) is 6.40. The number of ether oxygens (including phenoxy) is 1. The number of carbonyl (C=O) groups excluding carboxylic acids is 1. The number of hydrogen-bond donors (Lipinski definition) is 0. The molecule has 1 aromatic rings. The summed E-state index contributed by atoms with van der Waals surface area (Å²) in [5.74, 6) is 0.897. The topological polar surface area (TPSA) is 39.4 Å². The summed E-state index contributed by atoms with van der Waals surface area (Å²) in [7, 11) is 0. The molecule has 1 saturated heterocycles. The maximum Gasteiger partial charge on any atom is 0.310 e. The fraction of sp³-hybridized carbons (Fsp3) is 0.444. The van der Waals surface area contributed by atoms with Crippen LogP contribution < -0.4 is 0 Å². The summed E-state index contributed by atoms with van der Waals surface area (Å²) >= 11 is 0. The van der Waals surface area contributed by atoms with Gasteiger partial charge in [0.15, 0.2) is 0 Å². The molecule has 1 aliphatic heterocycles. The highest BCUT2D eigenvalue weighted by Crippen LogP contribution is 2.58. The molecule has 62 valence electrons. The monoisotopic (exact) mass is 164 g/mol. The molecule has 1 aliphatic carbocycles. The van der Waals surface area contributed by atoms with Gasteiger partial charge in [-0.25, -0.2) is 0 Å². The molecule has 0 spiro atoms. The van der Waals surface area contributed by atoms with Crippen molar-refractivity contribution in [2.24, 2.45) is 11.8 Å². The van der Waals surface area contributed by atoms with Crippen LogP contribution in [-0.2, 0) is 9.53 Å². The molecule has 2 aliphatic rings. The van der Waals surface area contributed by atoms with Crippen LogP contribution in [0.3, 0.4) is 0 Å². The largest absolute Gasteiger partial charge is 0.472 e. The third kappa shape index (κ3) is 0.636. The minimum absolute atomic E-state index is 0.0359. The van der Waals surface area contributed by atoms with E-state index in [9.17, 15) is 4.79 Å². The second-order valence-corrected chi connectivity index (χ2v) is 3.40. The van der Waals surface area contributed by atoms with E-state index in [0.29, 0.717) is 18.4 Å². The van der Waals surface area contributed by atoms with E-state index in [0.717, 1.165) is 5.56 Å². The number of hydrogen-bond acceptors (Lipinski definition) is 3. The van der Waals surface area contributed by atoms with Gasteiger partial charge in [-0.1, -0.05) is 0 Å². The average Bonchev–Trinajstić information content (AvgIpc) is 2.53. The molecule has 0 radical (unpaired) electrons. The second-order valence-electron chi connectivity index (χ2n) is 3.40. The number of esters is 1. The van der Waals surface area contributed by atoms with Crippen molar-refractivity contribution < 1.29 is 13.9 Å². The molecule has 2 heterocycles. The summed E-state index contributed by atoms with van der Waals surface area (Å²) in [6.07, 6.45) is 3.37. The van der Waals surface area contributed by atoms with E-state index in [2.05, 4.69) is 0 Å². The first-order valence-electron chi connectivity index (χ1n) is 4.06. The normalized spacial score (nSPS) is 37.7. The molecule has 0 amide bonds. The Morgan fingerprint density at radius 3 is 2.92 bits per heavy atom. The van der Waals surface area contributed by atoms with Gasteiger partial charge in [-0.3, -0.25) is 4.79 Å². The van der Waals surface area contributed by atoms with Crippen LogP contribution >= 0.6 is 0 Å². The lowest BCUT2D eigenvalue weighted by Gasteiger charge is -1.99. The van der Waals surface area contributed by atoms with Gasteiger partial charge >= 0.3 is 5.97 Å². The predicted molar refractivity (Wildman–Crippen MR) is 39.4 cm³/mol. The fourth-order valence-corrected chi connectivity index (χ4v) is 2.10. The maximum absolute atomic E-state index is 11.1. The Bertz CT molecular complexity index is 315. The molecule has 3 atom stereocenters. The van der Waals surface area contributed by atoms with E-state index in [1.807, 2.05) is 6.07 Å².